The molecule has 4 rings (SSSR count). The van der Waals surface area contributed by atoms with Crippen molar-refractivity contribution in [1.82, 2.24) is 10.1 Å². The van der Waals surface area contributed by atoms with Crippen LogP contribution in [0.3, 0.4) is 0 Å². The lowest BCUT2D eigenvalue weighted by Gasteiger charge is -2.23. The second kappa shape index (κ2) is 8.70. The SMILES string of the molecule is COCN(c1noc(C)c1C)S(=O)(=O)c1ccccc1-c1ccc(CO)c2ccncc12. The van der Waals surface area contributed by atoms with Crippen molar-refractivity contribution in [2.24, 2.45) is 0 Å². The fourth-order valence-electron chi connectivity index (χ4n) is 3.66. The molecule has 8 nitrogen and oxygen atoms in total. The van der Waals surface area contributed by atoms with E-state index in [1.165, 1.54) is 7.11 Å². The van der Waals surface area contributed by atoms with Gasteiger partial charge in [-0.25, -0.2) is 12.7 Å². The van der Waals surface area contributed by atoms with E-state index in [0.29, 0.717) is 22.5 Å². The fraction of sp³-hybridized carbons (Fsp3) is 0.217. The number of ether oxygens (including phenoxy) is 1. The molecule has 32 heavy (non-hydrogen) atoms. The molecule has 0 aliphatic carbocycles. The Balaban J connectivity index is 1.94. The summed E-state index contributed by atoms with van der Waals surface area (Å²) in [6.07, 6.45) is 3.31. The number of methoxy groups -OCH3 is 1. The summed E-state index contributed by atoms with van der Waals surface area (Å²) in [5.74, 6) is 0.711. The molecule has 9 heteroatoms. The van der Waals surface area contributed by atoms with Gasteiger partial charge in [0.05, 0.1) is 11.5 Å². The number of anilines is 1. The van der Waals surface area contributed by atoms with Gasteiger partial charge in [0.1, 0.15) is 12.5 Å². The van der Waals surface area contributed by atoms with Crippen LogP contribution in [-0.4, -0.2) is 37.5 Å². The molecule has 0 saturated carbocycles. The van der Waals surface area contributed by atoms with Crippen molar-refractivity contribution in [2.45, 2.75) is 25.3 Å². The van der Waals surface area contributed by atoms with Crippen molar-refractivity contribution in [3.8, 4) is 11.1 Å². The van der Waals surface area contributed by atoms with Crippen molar-refractivity contribution in [1.29, 1.82) is 0 Å². The van der Waals surface area contributed by atoms with Crippen LogP contribution < -0.4 is 4.31 Å². The highest BCUT2D eigenvalue weighted by Gasteiger charge is 2.31. The van der Waals surface area contributed by atoms with Crippen molar-refractivity contribution in [2.75, 3.05) is 18.1 Å². The molecule has 0 radical (unpaired) electrons. The number of benzene rings is 2. The second-order valence-electron chi connectivity index (χ2n) is 7.31. The minimum atomic E-state index is -4.07. The number of rotatable bonds is 7. The van der Waals surface area contributed by atoms with Crippen molar-refractivity contribution < 1.29 is 22.8 Å². The normalized spacial score (nSPS) is 11.8. The monoisotopic (exact) mass is 453 g/mol. The molecule has 0 unspecified atom stereocenters. The lowest BCUT2D eigenvalue weighted by molar-refractivity contribution is 0.208. The zero-order valence-electron chi connectivity index (χ0n) is 17.9. The average molecular weight is 454 g/mol. The number of aryl methyl sites for hydroxylation is 1. The minimum absolute atomic E-state index is 0.0963. The van der Waals surface area contributed by atoms with Crippen molar-refractivity contribution in [3.63, 3.8) is 0 Å². The van der Waals surface area contributed by atoms with Crippen LogP contribution in [0.2, 0.25) is 0 Å². The molecule has 2 heterocycles. The predicted molar refractivity (Wildman–Crippen MR) is 121 cm³/mol. The molecule has 0 spiro atoms. The highest BCUT2D eigenvalue weighted by molar-refractivity contribution is 7.93. The van der Waals surface area contributed by atoms with Crippen LogP contribution >= 0.6 is 0 Å². The summed E-state index contributed by atoms with van der Waals surface area (Å²) < 4.78 is 39.2. The third kappa shape index (κ3) is 3.64. The number of nitrogens with zero attached hydrogens (tertiary/aromatic N) is 3. The molecule has 0 bridgehead atoms. The van der Waals surface area contributed by atoms with Crippen LogP contribution in [-0.2, 0) is 21.4 Å². The first-order chi connectivity index (χ1) is 15.4. The van der Waals surface area contributed by atoms with Gasteiger partial charge in [-0.3, -0.25) is 4.98 Å². The predicted octanol–water partition coefficient (Wildman–Crippen LogP) is 3.80. The number of aromatic nitrogens is 2. The lowest BCUT2D eigenvalue weighted by atomic mass is 9.96. The largest absolute Gasteiger partial charge is 0.392 e. The topological polar surface area (TPSA) is 106 Å². The first-order valence-corrected chi connectivity index (χ1v) is 11.3. The summed E-state index contributed by atoms with van der Waals surface area (Å²) in [6.45, 7) is 3.11. The number of fused-ring (bicyclic) bond motifs is 1. The number of aliphatic hydroxyl groups excluding tert-OH is 1. The average Bonchev–Trinajstić information content (AvgIpc) is 3.14. The molecule has 1 N–H and O–H groups in total. The molecule has 4 aromatic rings. The molecule has 2 aromatic heterocycles. The van der Waals surface area contributed by atoms with E-state index in [2.05, 4.69) is 10.1 Å². The summed E-state index contributed by atoms with van der Waals surface area (Å²) in [5.41, 5.74) is 2.55. The Morgan fingerprint density at radius 1 is 1.06 bits per heavy atom. The zero-order valence-corrected chi connectivity index (χ0v) is 18.8. The molecule has 166 valence electrons. The van der Waals surface area contributed by atoms with Crippen LogP contribution in [0.1, 0.15) is 16.9 Å². The van der Waals surface area contributed by atoms with Gasteiger partial charge in [0, 0.05) is 36.0 Å². The molecule has 2 aromatic carbocycles. The molecular formula is C23H23N3O5S. The molecule has 0 aliphatic heterocycles. The Hall–Kier alpha value is -3.27. The van der Waals surface area contributed by atoms with E-state index in [9.17, 15) is 13.5 Å². The molecule has 0 atom stereocenters. The minimum Gasteiger partial charge on any atom is -0.392 e. The number of hydrogen-bond donors (Lipinski definition) is 1. The molecular weight excluding hydrogens is 430 g/mol. The van der Waals surface area contributed by atoms with E-state index >= 15 is 0 Å². The number of hydrogen-bond acceptors (Lipinski definition) is 7. The van der Waals surface area contributed by atoms with E-state index in [1.807, 2.05) is 0 Å². The third-order valence-corrected chi connectivity index (χ3v) is 7.21. The Labute approximate surface area is 186 Å². The summed E-state index contributed by atoms with van der Waals surface area (Å²) in [6, 6.07) is 12.2. The van der Waals surface area contributed by atoms with Gasteiger partial charge in [0.25, 0.3) is 10.0 Å². The first kappa shape index (κ1) is 21.9. The summed E-state index contributed by atoms with van der Waals surface area (Å²) >= 11 is 0. The second-order valence-corrected chi connectivity index (χ2v) is 9.14. The Kier molecular flexibility index (Phi) is 5.96. The van der Waals surface area contributed by atoms with Gasteiger partial charge in [-0.2, -0.15) is 0 Å². The maximum atomic E-state index is 13.8. The first-order valence-electron chi connectivity index (χ1n) is 9.90. The van der Waals surface area contributed by atoms with Crippen molar-refractivity contribution >= 4 is 26.6 Å². The van der Waals surface area contributed by atoms with E-state index in [4.69, 9.17) is 9.26 Å². The molecule has 0 aliphatic rings. The van der Waals surface area contributed by atoms with Crippen LogP contribution in [0.25, 0.3) is 21.9 Å². The maximum Gasteiger partial charge on any atom is 0.268 e. The smallest absolute Gasteiger partial charge is 0.268 e. The number of pyridine rings is 1. The number of sulfonamides is 1. The van der Waals surface area contributed by atoms with Crippen LogP contribution in [0.5, 0.6) is 0 Å². The zero-order chi connectivity index (χ0) is 22.9. The highest BCUT2D eigenvalue weighted by Crippen LogP contribution is 2.37. The van der Waals surface area contributed by atoms with Crippen LogP contribution in [0.15, 0.2) is 64.3 Å². The summed E-state index contributed by atoms with van der Waals surface area (Å²) in [5, 5.41) is 15.2. The molecule has 0 saturated heterocycles. The standard InChI is InChI=1S/C23H23N3O5S/c1-15-16(2)31-25-23(15)26(14-30-3)32(28,29)22-7-5-4-6-20(22)19-9-8-17(13-27)18-10-11-24-12-21(18)19/h4-12,27H,13-14H2,1-3H3. The van der Waals surface area contributed by atoms with E-state index in [0.717, 1.165) is 20.6 Å². The van der Waals surface area contributed by atoms with Gasteiger partial charge in [0.2, 0.25) is 0 Å². The van der Waals surface area contributed by atoms with Crippen LogP contribution in [0.4, 0.5) is 5.82 Å². The van der Waals surface area contributed by atoms with Crippen molar-refractivity contribution in [3.05, 3.63) is 71.7 Å². The summed E-state index contributed by atoms with van der Waals surface area (Å²) in [7, 11) is -2.65. The van der Waals surface area contributed by atoms with Crippen LogP contribution in [0, 0.1) is 13.8 Å². The van der Waals surface area contributed by atoms with Gasteiger partial charge in [-0.15, -0.1) is 0 Å². The van der Waals surface area contributed by atoms with Gasteiger partial charge < -0.3 is 14.4 Å². The van der Waals surface area contributed by atoms with E-state index in [1.54, 1.807) is 68.7 Å². The Morgan fingerprint density at radius 3 is 2.53 bits per heavy atom. The van der Waals surface area contributed by atoms with Gasteiger partial charge >= 0.3 is 0 Å². The highest BCUT2D eigenvalue weighted by atomic mass is 32.2. The quantitative estimate of drug-likeness (QED) is 0.424. The third-order valence-electron chi connectivity index (χ3n) is 5.44. The van der Waals surface area contributed by atoms with Gasteiger partial charge in [0.15, 0.2) is 5.82 Å². The van der Waals surface area contributed by atoms with Gasteiger partial charge in [-0.05, 0) is 42.5 Å². The summed E-state index contributed by atoms with van der Waals surface area (Å²) in [4.78, 5) is 4.31. The lowest BCUT2D eigenvalue weighted by Crippen LogP contribution is -2.34. The van der Waals surface area contributed by atoms with E-state index < -0.39 is 10.0 Å². The molecule has 0 fully saturated rings. The molecule has 0 amide bonds. The Morgan fingerprint density at radius 2 is 1.84 bits per heavy atom. The number of aliphatic hydroxyl groups is 1. The fourth-order valence-corrected chi connectivity index (χ4v) is 5.24. The van der Waals surface area contributed by atoms with Gasteiger partial charge in [-0.1, -0.05) is 35.5 Å². The Bertz CT molecular complexity index is 1380. The van der Waals surface area contributed by atoms with E-state index in [-0.39, 0.29) is 24.1 Å². The maximum absolute atomic E-state index is 13.8.